The van der Waals surface area contributed by atoms with Gasteiger partial charge in [-0.3, -0.25) is 4.79 Å². The molecule has 1 N–H and O–H groups in total. The molecule has 0 heterocycles. The third-order valence-corrected chi connectivity index (χ3v) is 4.72. The van der Waals surface area contributed by atoms with Crippen LogP contribution in [0, 0.1) is 0 Å². The van der Waals surface area contributed by atoms with Crippen molar-refractivity contribution in [3.05, 3.63) is 24.3 Å². The van der Waals surface area contributed by atoms with Crippen molar-refractivity contribution >= 4 is 16.0 Å². The molecular formula is C12H15F2NO5S. The summed E-state index contributed by atoms with van der Waals surface area (Å²) in [4.78, 5) is 10.7. The molecular weight excluding hydrogens is 308 g/mol. The number of benzene rings is 1. The molecule has 6 nitrogen and oxygen atoms in total. The van der Waals surface area contributed by atoms with E-state index in [0.29, 0.717) is 4.31 Å². The highest BCUT2D eigenvalue weighted by Gasteiger charge is 2.29. The van der Waals surface area contributed by atoms with Crippen LogP contribution in [0.4, 0.5) is 8.78 Å². The van der Waals surface area contributed by atoms with Crippen molar-refractivity contribution in [3.8, 4) is 5.75 Å². The van der Waals surface area contributed by atoms with Gasteiger partial charge >= 0.3 is 5.97 Å². The zero-order chi connectivity index (χ0) is 16.2. The molecule has 0 aromatic heterocycles. The zero-order valence-electron chi connectivity index (χ0n) is 11.4. The van der Waals surface area contributed by atoms with Gasteiger partial charge in [0, 0.05) is 7.05 Å². The fourth-order valence-corrected chi connectivity index (χ4v) is 2.72. The average Bonchev–Trinajstić information content (AvgIpc) is 2.43. The van der Waals surface area contributed by atoms with Crippen molar-refractivity contribution in [2.75, 3.05) is 13.7 Å². The number of aliphatic carboxylic acids is 1. The minimum atomic E-state index is -3.98. The summed E-state index contributed by atoms with van der Waals surface area (Å²) in [5.74, 6) is -1.18. The lowest BCUT2D eigenvalue weighted by Crippen LogP contribution is -2.40. The van der Waals surface area contributed by atoms with Crippen molar-refractivity contribution in [2.45, 2.75) is 24.3 Å². The summed E-state index contributed by atoms with van der Waals surface area (Å²) in [6.45, 7) is 0.446. The molecule has 0 amide bonds. The Labute approximate surface area is 121 Å². The van der Waals surface area contributed by atoms with E-state index >= 15 is 0 Å². The Kier molecular flexibility index (Phi) is 5.62. The molecule has 1 unspecified atom stereocenters. The molecule has 1 aromatic rings. The molecule has 0 fully saturated rings. The topological polar surface area (TPSA) is 83.9 Å². The van der Waals surface area contributed by atoms with Crippen LogP contribution in [0.5, 0.6) is 5.75 Å². The summed E-state index contributed by atoms with van der Waals surface area (Å²) in [7, 11) is -2.83. The number of alkyl halides is 2. The number of sulfonamides is 1. The van der Waals surface area contributed by atoms with E-state index in [1.165, 1.54) is 31.2 Å². The lowest BCUT2D eigenvalue weighted by molar-refractivity contribution is -0.140. The van der Waals surface area contributed by atoms with Gasteiger partial charge in [0.25, 0.3) is 6.43 Å². The fraction of sp³-hybridized carbons (Fsp3) is 0.417. The molecule has 1 atom stereocenters. The van der Waals surface area contributed by atoms with Crippen molar-refractivity contribution in [1.29, 1.82) is 0 Å². The van der Waals surface area contributed by atoms with E-state index in [9.17, 15) is 22.0 Å². The van der Waals surface area contributed by atoms with Gasteiger partial charge in [0.2, 0.25) is 10.0 Å². The number of carboxylic acids is 1. The summed E-state index contributed by atoms with van der Waals surface area (Å²) in [6, 6.07) is 3.57. The minimum absolute atomic E-state index is 0.100. The van der Waals surface area contributed by atoms with E-state index in [-0.39, 0.29) is 10.6 Å². The number of carbonyl (C=O) groups is 1. The molecule has 9 heteroatoms. The Bertz CT molecular complexity index is 588. The monoisotopic (exact) mass is 323 g/mol. The highest BCUT2D eigenvalue weighted by atomic mass is 32.2. The van der Waals surface area contributed by atoms with Gasteiger partial charge < -0.3 is 9.84 Å². The van der Waals surface area contributed by atoms with Gasteiger partial charge in [-0.25, -0.2) is 17.2 Å². The molecule has 0 radical (unpaired) electrons. The first-order valence-corrected chi connectivity index (χ1v) is 7.32. The van der Waals surface area contributed by atoms with Gasteiger partial charge in [0.15, 0.2) is 0 Å². The van der Waals surface area contributed by atoms with Crippen molar-refractivity contribution in [1.82, 2.24) is 4.31 Å². The largest absolute Gasteiger partial charge is 0.488 e. The Balaban J connectivity index is 2.92. The second-order valence-electron chi connectivity index (χ2n) is 4.21. The third-order valence-electron chi connectivity index (χ3n) is 2.78. The van der Waals surface area contributed by atoms with Gasteiger partial charge in [0.05, 0.1) is 4.90 Å². The van der Waals surface area contributed by atoms with Crippen molar-refractivity contribution in [3.63, 3.8) is 0 Å². The fourth-order valence-electron chi connectivity index (χ4n) is 1.40. The molecule has 21 heavy (non-hydrogen) atoms. The molecule has 0 saturated heterocycles. The molecule has 0 bridgehead atoms. The number of nitrogens with zero attached hydrogens (tertiary/aromatic N) is 1. The average molecular weight is 323 g/mol. The van der Waals surface area contributed by atoms with E-state index < -0.39 is 35.1 Å². The molecule has 0 aliphatic rings. The van der Waals surface area contributed by atoms with Crippen molar-refractivity contribution < 1.29 is 31.8 Å². The lowest BCUT2D eigenvalue weighted by atomic mass is 10.3. The van der Waals surface area contributed by atoms with Crippen LogP contribution in [0.15, 0.2) is 29.2 Å². The van der Waals surface area contributed by atoms with Crippen LogP contribution in [0.1, 0.15) is 6.92 Å². The number of carboxylic acid groups (broad SMARTS) is 1. The van der Waals surface area contributed by atoms with E-state index in [0.717, 1.165) is 7.05 Å². The van der Waals surface area contributed by atoms with E-state index in [4.69, 9.17) is 9.84 Å². The number of halogens is 2. The second-order valence-corrected chi connectivity index (χ2v) is 6.21. The summed E-state index contributed by atoms with van der Waals surface area (Å²) in [6.07, 6.45) is -2.63. The number of hydrogen-bond donors (Lipinski definition) is 1. The maximum absolute atomic E-state index is 12.2. The summed E-state index contributed by atoms with van der Waals surface area (Å²) < 4.78 is 53.7. The summed E-state index contributed by atoms with van der Waals surface area (Å²) >= 11 is 0. The Hall–Kier alpha value is -1.74. The Morgan fingerprint density at radius 2 is 1.86 bits per heavy atom. The number of hydrogen-bond acceptors (Lipinski definition) is 4. The summed E-state index contributed by atoms with van der Waals surface area (Å²) in [5, 5.41) is 8.83. The highest BCUT2D eigenvalue weighted by molar-refractivity contribution is 7.89. The predicted octanol–water partition coefficient (Wildman–Crippen LogP) is 1.42. The maximum Gasteiger partial charge on any atom is 0.321 e. The molecule has 118 valence electrons. The van der Waals surface area contributed by atoms with Crippen molar-refractivity contribution in [2.24, 2.45) is 0 Å². The molecule has 0 spiro atoms. The molecule has 1 aromatic carbocycles. The molecule has 1 rings (SSSR count). The van der Waals surface area contributed by atoms with Gasteiger partial charge in [-0.1, -0.05) is 0 Å². The number of likely N-dealkylation sites (N-methyl/N-ethyl adjacent to an activating group) is 1. The normalized spacial score (nSPS) is 13.4. The Morgan fingerprint density at radius 3 is 2.29 bits per heavy atom. The van der Waals surface area contributed by atoms with Gasteiger partial charge in [0.1, 0.15) is 18.4 Å². The minimum Gasteiger partial charge on any atom is -0.488 e. The van der Waals surface area contributed by atoms with Crippen LogP contribution in [0.3, 0.4) is 0 Å². The quantitative estimate of drug-likeness (QED) is 0.820. The van der Waals surface area contributed by atoms with E-state index in [1.54, 1.807) is 0 Å². The zero-order valence-corrected chi connectivity index (χ0v) is 12.2. The van der Waals surface area contributed by atoms with Gasteiger partial charge in [-0.2, -0.15) is 4.31 Å². The van der Waals surface area contributed by atoms with Crippen LogP contribution in [0.25, 0.3) is 0 Å². The van der Waals surface area contributed by atoms with Gasteiger partial charge in [-0.05, 0) is 31.2 Å². The van der Waals surface area contributed by atoms with Crippen LogP contribution >= 0.6 is 0 Å². The third kappa shape index (κ3) is 4.36. The maximum atomic E-state index is 12.2. The molecule has 0 aliphatic carbocycles. The lowest BCUT2D eigenvalue weighted by Gasteiger charge is -2.21. The Morgan fingerprint density at radius 1 is 1.33 bits per heavy atom. The molecule has 0 saturated carbocycles. The van der Waals surface area contributed by atoms with Gasteiger partial charge in [-0.15, -0.1) is 0 Å². The number of ether oxygens (including phenoxy) is 1. The smallest absolute Gasteiger partial charge is 0.321 e. The van der Waals surface area contributed by atoms with Crippen LogP contribution < -0.4 is 4.74 Å². The van der Waals surface area contributed by atoms with Crippen LogP contribution in [-0.4, -0.2) is 49.9 Å². The summed E-state index contributed by atoms with van der Waals surface area (Å²) in [5.41, 5.74) is 0. The van der Waals surface area contributed by atoms with Crippen LogP contribution in [0.2, 0.25) is 0 Å². The molecule has 0 aliphatic heterocycles. The first-order valence-electron chi connectivity index (χ1n) is 5.88. The SMILES string of the molecule is CC(C(=O)O)N(C)S(=O)(=O)c1ccc(OCC(F)F)cc1. The van der Waals surface area contributed by atoms with E-state index in [1.807, 2.05) is 0 Å². The number of rotatable bonds is 7. The first-order chi connectivity index (χ1) is 9.66. The van der Waals surface area contributed by atoms with E-state index in [2.05, 4.69) is 0 Å². The van der Waals surface area contributed by atoms with Crippen LogP contribution in [-0.2, 0) is 14.8 Å². The second kappa shape index (κ2) is 6.81. The highest BCUT2D eigenvalue weighted by Crippen LogP contribution is 2.20. The predicted molar refractivity (Wildman–Crippen MR) is 70.0 cm³/mol. The standard InChI is InChI=1S/C12H15F2NO5S/c1-8(12(16)17)15(2)21(18,19)10-5-3-9(4-6-10)20-7-11(13)14/h3-6,8,11H,7H2,1-2H3,(H,16,17). The first kappa shape index (κ1) is 17.3.